The van der Waals surface area contributed by atoms with Crippen LogP contribution in [0.3, 0.4) is 0 Å². The van der Waals surface area contributed by atoms with Crippen molar-refractivity contribution in [3.05, 3.63) is 60.8 Å². The van der Waals surface area contributed by atoms with Crippen LogP contribution in [0.25, 0.3) is 10.9 Å². The Kier molecular flexibility index (Phi) is 2.22. The number of phenols is 1. The number of hydrogen-bond acceptors (Lipinski definition) is 2. The highest BCUT2D eigenvalue weighted by Crippen LogP contribution is 2.25. The molecule has 0 spiro atoms. The van der Waals surface area contributed by atoms with E-state index in [-0.39, 0.29) is 5.75 Å². The van der Waals surface area contributed by atoms with Gasteiger partial charge in [0.2, 0.25) is 0 Å². The Morgan fingerprint density at radius 3 is 2.53 bits per heavy atom. The average molecular weight is 225 g/mol. The summed E-state index contributed by atoms with van der Waals surface area (Å²) >= 11 is 0. The fourth-order valence-electron chi connectivity index (χ4n) is 1.82. The van der Waals surface area contributed by atoms with Crippen molar-refractivity contribution in [1.29, 1.82) is 0 Å². The molecular weight excluding hydrogens is 214 g/mol. The van der Waals surface area contributed by atoms with Gasteiger partial charge in [0.1, 0.15) is 11.3 Å². The van der Waals surface area contributed by atoms with Gasteiger partial charge in [-0.15, -0.1) is 0 Å². The molecule has 1 aromatic heterocycles. The first-order valence-corrected chi connectivity index (χ1v) is 5.37. The zero-order valence-corrected chi connectivity index (χ0v) is 9.08. The SMILES string of the molecule is Oc1cccc2ccn(Oc3ccccc3)c12. The lowest BCUT2D eigenvalue weighted by Gasteiger charge is -2.08. The highest BCUT2D eigenvalue weighted by atomic mass is 16.7. The summed E-state index contributed by atoms with van der Waals surface area (Å²) < 4.78 is 1.57. The lowest BCUT2D eigenvalue weighted by atomic mass is 10.2. The Labute approximate surface area is 98.5 Å². The smallest absolute Gasteiger partial charge is 0.155 e. The van der Waals surface area contributed by atoms with Crippen LogP contribution in [0.5, 0.6) is 11.5 Å². The summed E-state index contributed by atoms with van der Waals surface area (Å²) in [4.78, 5) is 5.67. The molecule has 0 aliphatic carbocycles. The van der Waals surface area contributed by atoms with Gasteiger partial charge in [-0.2, -0.15) is 4.73 Å². The van der Waals surface area contributed by atoms with Crippen LogP contribution in [-0.4, -0.2) is 9.84 Å². The van der Waals surface area contributed by atoms with Crippen molar-refractivity contribution < 1.29 is 9.94 Å². The van der Waals surface area contributed by atoms with E-state index in [4.69, 9.17) is 4.84 Å². The second kappa shape index (κ2) is 3.87. The van der Waals surface area contributed by atoms with Crippen LogP contribution in [0.4, 0.5) is 0 Å². The predicted molar refractivity (Wildman–Crippen MR) is 66.1 cm³/mol. The molecule has 0 bridgehead atoms. The molecule has 0 amide bonds. The minimum Gasteiger partial charge on any atom is -0.506 e. The number of aromatic hydroxyl groups is 1. The number of para-hydroxylation sites is 2. The minimum atomic E-state index is 0.212. The Balaban J connectivity index is 2.07. The summed E-state index contributed by atoms with van der Waals surface area (Å²) in [5.74, 6) is 0.941. The van der Waals surface area contributed by atoms with Gasteiger partial charge in [0.15, 0.2) is 5.75 Å². The summed E-state index contributed by atoms with van der Waals surface area (Å²) in [7, 11) is 0. The van der Waals surface area contributed by atoms with Crippen molar-refractivity contribution in [2.24, 2.45) is 0 Å². The van der Waals surface area contributed by atoms with Crippen LogP contribution in [-0.2, 0) is 0 Å². The second-order valence-electron chi connectivity index (χ2n) is 3.76. The van der Waals surface area contributed by atoms with Gasteiger partial charge in [0.25, 0.3) is 0 Å². The largest absolute Gasteiger partial charge is 0.506 e. The van der Waals surface area contributed by atoms with Gasteiger partial charge in [-0.1, -0.05) is 30.3 Å². The first-order chi connectivity index (χ1) is 8.34. The van der Waals surface area contributed by atoms with Gasteiger partial charge in [0, 0.05) is 11.6 Å². The molecule has 1 N–H and O–H groups in total. The third kappa shape index (κ3) is 1.72. The lowest BCUT2D eigenvalue weighted by Crippen LogP contribution is -2.02. The van der Waals surface area contributed by atoms with Crippen molar-refractivity contribution in [2.45, 2.75) is 0 Å². The van der Waals surface area contributed by atoms with E-state index in [2.05, 4.69) is 0 Å². The first-order valence-electron chi connectivity index (χ1n) is 5.37. The monoisotopic (exact) mass is 225 g/mol. The van der Waals surface area contributed by atoms with E-state index in [1.807, 2.05) is 48.5 Å². The fourth-order valence-corrected chi connectivity index (χ4v) is 1.82. The molecule has 0 saturated carbocycles. The standard InChI is InChI=1S/C14H11NO2/c16-13-8-4-5-11-9-10-15(14(11)13)17-12-6-2-1-3-7-12/h1-10,16H. The predicted octanol–water partition coefficient (Wildman–Crippen LogP) is 3.19. The summed E-state index contributed by atoms with van der Waals surface area (Å²) in [6.07, 6.45) is 1.79. The maximum absolute atomic E-state index is 9.82. The van der Waals surface area contributed by atoms with Gasteiger partial charge in [-0.05, 0) is 24.3 Å². The van der Waals surface area contributed by atoms with Crippen molar-refractivity contribution in [3.63, 3.8) is 0 Å². The van der Waals surface area contributed by atoms with Crippen LogP contribution < -0.4 is 4.84 Å². The van der Waals surface area contributed by atoms with Crippen molar-refractivity contribution in [2.75, 3.05) is 0 Å². The van der Waals surface area contributed by atoms with Gasteiger partial charge in [-0.25, -0.2) is 0 Å². The number of hydrogen-bond donors (Lipinski definition) is 1. The molecule has 0 fully saturated rings. The maximum atomic E-state index is 9.82. The maximum Gasteiger partial charge on any atom is 0.155 e. The van der Waals surface area contributed by atoms with E-state index in [0.717, 1.165) is 11.1 Å². The van der Waals surface area contributed by atoms with Gasteiger partial charge in [0.05, 0.1) is 0 Å². The molecule has 1 heterocycles. The average Bonchev–Trinajstić information content (AvgIpc) is 2.75. The molecule has 2 aromatic carbocycles. The van der Waals surface area contributed by atoms with E-state index in [1.165, 1.54) is 0 Å². The molecule has 0 saturated heterocycles. The van der Waals surface area contributed by atoms with E-state index in [1.54, 1.807) is 17.0 Å². The molecule has 0 atom stereocenters. The summed E-state index contributed by atoms with van der Waals surface area (Å²) in [6, 6.07) is 16.8. The molecule has 3 aromatic rings. The molecule has 17 heavy (non-hydrogen) atoms. The highest BCUT2D eigenvalue weighted by molar-refractivity contribution is 5.85. The quantitative estimate of drug-likeness (QED) is 0.726. The summed E-state index contributed by atoms with van der Waals surface area (Å²) in [6.45, 7) is 0. The van der Waals surface area contributed by atoms with Gasteiger partial charge >= 0.3 is 0 Å². The molecule has 0 unspecified atom stereocenters. The molecule has 0 aliphatic heterocycles. The molecule has 3 nitrogen and oxygen atoms in total. The number of nitrogens with zero attached hydrogens (tertiary/aromatic N) is 1. The van der Waals surface area contributed by atoms with Crippen LogP contribution in [0.15, 0.2) is 60.8 Å². The Bertz CT molecular complexity index is 644. The van der Waals surface area contributed by atoms with E-state index in [9.17, 15) is 5.11 Å². The second-order valence-corrected chi connectivity index (χ2v) is 3.76. The Morgan fingerprint density at radius 1 is 0.882 bits per heavy atom. The Morgan fingerprint density at radius 2 is 1.71 bits per heavy atom. The third-order valence-electron chi connectivity index (χ3n) is 2.60. The molecular formula is C14H11NO2. The van der Waals surface area contributed by atoms with Crippen molar-refractivity contribution in [1.82, 2.24) is 4.73 Å². The number of benzene rings is 2. The third-order valence-corrected chi connectivity index (χ3v) is 2.60. The van der Waals surface area contributed by atoms with Crippen LogP contribution >= 0.6 is 0 Å². The van der Waals surface area contributed by atoms with Gasteiger partial charge < -0.3 is 9.94 Å². The molecule has 0 aliphatic rings. The Hall–Kier alpha value is -2.42. The summed E-state index contributed by atoms with van der Waals surface area (Å²) in [5.41, 5.74) is 0.677. The molecule has 3 heteroatoms. The summed E-state index contributed by atoms with van der Waals surface area (Å²) in [5, 5.41) is 10.8. The number of phenolic OH excluding ortho intramolecular Hbond substituents is 1. The molecule has 84 valence electrons. The van der Waals surface area contributed by atoms with E-state index < -0.39 is 0 Å². The highest BCUT2D eigenvalue weighted by Gasteiger charge is 2.06. The fraction of sp³-hybridized carbons (Fsp3) is 0. The van der Waals surface area contributed by atoms with E-state index >= 15 is 0 Å². The van der Waals surface area contributed by atoms with Crippen LogP contribution in [0.1, 0.15) is 0 Å². The number of aromatic nitrogens is 1. The minimum absolute atomic E-state index is 0.212. The van der Waals surface area contributed by atoms with Crippen LogP contribution in [0, 0.1) is 0 Å². The topological polar surface area (TPSA) is 34.4 Å². The lowest BCUT2D eigenvalue weighted by molar-refractivity contribution is 0.227. The molecule has 3 rings (SSSR count). The van der Waals surface area contributed by atoms with Crippen molar-refractivity contribution in [3.8, 4) is 11.5 Å². The van der Waals surface area contributed by atoms with E-state index in [0.29, 0.717) is 5.52 Å². The normalized spacial score (nSPS) is 10.6. The number of rotatable bonds is 2. The van der Waals surface area contributed by atoms with Crippen LogP contribution in [0.2, 0.25) is 0 Å². The number of fused-ring (bicyclic) bond motifs is 1. The molecule has 0 radical (unpaired) electrons. The first kappa shape index (κ1) is 9.78. The van der Waals surface area contributed by atoms with Crippen molar-refractivity contribution >= 4 is 10.9 Å². The zero-order valence-electron chi connectivity index (χ0n) is 9.08. The zero-order chi connectivity index (χ0) is 11.7. The van der Waals surface area contributed by atoms with Gasteiger partial charge in [-0.3, -0.25) is 0 Å².